The average molecular weight is 258 g/mol. The number of thioether (sulfide) groups is 1. The maximum atomic E-state index is 11.0. The van der Waals surface area contributed by atoms with Crippen molar-refractivity contribution in [3.05, 3.63) is 32.9 Å². The van der Waals surface area contributed by atoms with E-state index in [1.165, 1.54) is 23.1 Å². The summed E-state index contributed by atoms with van der Waals surface area (Å²) in [6.45, 7) is 0. The summed E-state index contributed by atoms with van der Waals surface area (Å²) in [4.78, 5) is 23.5. The van der Waals surface area contributed by atoms with Crippen LogP contribution in [0, 0.1) is 23.7 Å². The lowest BCUT2D eigenvalue weighted by Crippen LogP contribution is -2.13. The molecule has 1 aromatic rings. The summed E-state index contributed by atoms with van der Waals surface area (Å²) in [6.07, 6.45) is 2.21. The molecule has 2 rings (SSSR count). The molecule has 82 valence electrons. The lowest BCUT2D eigenvalue weighted by molar-refractivity contribution is -0.113. The first-order chi connectivity index (χ1) is 8.29. The molecule has 0 bridgehead atoms. The number of allylic oxidation sites excluding steroid dienone is 2. The van der Waals surface area contributed by atoms with E-state index in [-0.39, 0.29) is 5.78 Å². The van der Waals surface area contributed by atoms with Gasteiger partial charge in [0.2, 0.25) is 0 Å². The van der Waals surface area contributed by atoms with Crippen molar-refractivity contribution in [2.24, 2.45) is 0 Å². The summed E-state index contributed by atoms with van der Waals surface area (Å²) in [5.41, 5.74) is 0. The van der Waals surface area contributed by atoms with Gasteiger partial charge in [-0.05, 0) is 24.0 Å². The van der Waals surface area contributed by atoms with Gasteiger partial charge in [0, 0.05) is 6.08 Å². The number of thiophene rings is 1. The van der Waals surface area contributed by atoms with Crippen molar-refractivity contribution >= 4 is 35.2 Å². The molecule has 0 radical (unpaired) electrons. The molecule has 0 aliphatic carbocycles. The molecule has 0 saturated carbocycles. The molecule has 0 aromatic carbocycles. The van der Waals surface area contributed by atoms with E-state index < -0.39 is 0 Å². The number of Topliss-reactive ketones (excluding diaryl/α,β-unsaturated/α-hetero) is 1. The summed E-state index contributed by atoms with van der Waals surface area (Å²) in [6, 6.07) is 3.67. The van der Waals surface area contributed by atoms with Gasteiger partial charge in [0.25, 0.3) is 0 Å². The standard InChI is InChI=1S/C13H6O2S2/c14-8-2-4-11-7-6-10(17-11)3-1-5-13-12(15)9-16-13/h5-8H,9H2. The number of carbonyl (C=O) groups excluding carboxylic acids is 2. The minimum Gasteiger partial charge on any atom is -0.293 e. The Kier molecular flexibility index (Phi) is 3.82. The molecule has 0 unspecified atom stereocenters. The number of carbonyl (C=O) groups is 2. The maximum absolute atomic E-state index is 11.0. The molecule has 2 heterocycles. The molecule has 1 saturated heterocycles. The number of aldehydes is 1. The van der Waals surface area contributed by atoms with Crippen molar-refractivity contribution < 1.29 is 9.59 Å². The van der Waals surface area contributed by atoms with Gasteiger partial charge in [-0.2, -0.15) is 0 Å². The van der Waals surface area contributed by atoms with Crippen LogP contribution in [0.4, 0.5) is 0 Å². The van der Waals surface area contributed by atoms with Crippen LogP contribution in [-0.2, 0) is 9.59 Å². The number of hydrogen-bond donors (Lipinski definition) is 0. The van der Waals surface area contributed by atoms with Gasteiger partial charge in [0.05, 0.1) is 20.4 Å². The number of ketones is 1. The maximum Gasteiger partial charge on any atom is 0.193 e. The molecule has 0 N–H and O–H groups in total. The van der Waals surface area contributed by atoms with E-state index in [1.807, 2.05) is 12.1 Å². The minimum atomic E-state index is 0.160. The molecule has 1 aliphatic heterocycles. The number of hydrogen-bond acceptors (Lipinski definition) is 4. The van der Waals surface area contributed by atoms with Crippen molar-refractivity contribution in [1.29, 1.82) is 0 Å². The van der Waals surface area contributed by atoms with Crippen molar-refractivity contribution in [3.8, 4) is 23.7 Å². The largest absolute Gasteiger partial charge is 0.293 e. The predicted molar refractivity (Wildman–Crippen MR) is 69.7 cm³/mol. The zero-order valence-corrected chi connectivity index (χ0v) is 10.3. The van der Waals surface area contributed by atoms with Crippen LogP contribution in [0.5, 0.6) is 0 Å². The van der Waals surface area contributed by atoms with Crippen LogP contribution in [0.3, 0.4) is 0 Å². The van der Waals surface area contributed by atoms with Crippen LogP contribution in [-0.4, -0.2) is 17.8 Å². The van der Waals surface area contributed by atoms with Gasteiger partial charge in [-0.15, -0.1) is 23.1 Å². The molecule has 2 nitrogen and oxygen atoms in total. The Bertz CT molecular complexity index is 615. The topological polar surface area (TPSA) is 34.1 Å². The second-order valence-electron chi connectivity index (χ2n) is 3.04. The summed E-state index contributed by atoms with van der Waals surface area (Å²) in [5.74, 6) is 11.6. The van der Waals surface area contributed by atoms with E-state index in [0.717, 1.165) is 14.7 Å². The average Bonchev–Trinajstić information content (AvgIpc) is 2.78. The molecule has 0 atom stereocenters. The van der Waals surface area contributed by atoms with Crippen LogP contribution >= 0.6 is 23.1 Å². The normalized spacial score (nSPS) is 15.3. The lowest BCUT2D eigenvalue weighted by Gasteiger charge is -2.11. The third-order valence-corrected chi connectivity index (χ3v) is 3.87. The Balaban J connectivity index is 2.07. The molecule has 0 spiro atoms. The van der Waals surface area contributed by atoms with E-state index >= 15 is 0 Å². The van der Waals surface area contributed by atoms with Gasteiger partial charge in [-0.1, -0.05) is 11.8 Å². The van der Waals surface area contributed by atoms with Crippen molar-refractivity contribution in [2.45, 2.75) is 0 Å². The Morgan fingerprint density at radius 2 is 1.88 bits per heavy atom. The Morgan fingerprint density at radius 3 is 2.41 bits per heavy atom. The molecule has 4 heteroatoms. The zero-order chi connectivity index (χ0) is 12.1. The van der Waals surface area contributed by atoms with E-state index in [9.17, 15) is 9.59 Å². The fourth-order valence-electron chi connectivity index (χ4n) is 1.08. The van der Waals surface area contributed by atoms with E-state index in [4.69, 9.17) is 0 Å². The first-order valence-electron chi connectivity index (χ1n) is 4.72. The summed E-state index contributed by atoms with van der Waals surface area (Å²) < 4.78 is 0. The Morgan fingerprint density at radius 1 is 1.18 bits per heavy atom. The fourth-order valence-corrected chi connectivity index (χ4v) is 2.38. The highest BCUT2D eigenvalue weighted by atomic mass is 32.2. The van der Waals surface area contributed by atoms with Crippen LogP contribution < -0.4 is 0 Å². The quantitative estimate of drug-likeness (QED) is 0.404. The third-order valence-electron chi connectivity index (χ3n) is 1.89. The van der Waals surface area contributed by atoms with Gasteiger partial charge in [-0.25, -0.2) is 0 Å². The highest BCUT2D eigenvalue weighted by Crippen LogP contribution is 2.27. The molecule has 17 heavy (non-hydrogen) atoms. The molecule has 1 fully saturated rings. The smallest absolute Gasteiger partial charge is 0.193 e. The SMILES string of the molecule is O=CC#Cc1ccc(C#CC=C2SCC2=O)s1. The summed E-state index contributed by atoms with van der Waals surface area (Å²) >= 11 is 2.94. The molecule has 0 amide bonds. The summed E-state index contributed by atoms with van der Waals surface area (Å²) in [5, 5.41) is 0. The highest BCUT2D eigenvalue weighted by Gasteiger charge is 2.19. The first-order valence-corrected chi connectivity index (χ1v) is 6.52. The summed E-state index contributed by atoms with van der Waals surface area (Å²) in [7, 11) is 0. The van der Waals surface area contributed by atoms with Crippen molar-refractivity contribution in [2.75, 3.05) is 5.75 Å². The highest BCUT2D eigenvalue weighted by molar-refractivity contribution is 8.07. The Labute approximate surface area is 107 Å². The van der Waals surface area contributed by atoms with E-state index in [0.29, 0.717) is 12.0 Å². The van der Waals surface area contributed by atoms with Crippen LogP contribution in [0.15, 0.2) is 23.1 Å². The van der Waals surface area contributed by atoms with Crippen molar-refractivity contribution in [3.63, 3.8) is 0 Å². The minimum absolute atomic E-state index is 0.160. The predicted octanol–water partition coefficient (Wildman–Crippen LogP) is 1.85. The first kappa shape index (κ1) is 11.7. The van der Waals surface area contributed by atoms with Gasteiger partial charge in [0.1, 0.15) is 0 Å². The zero-order valence-electron chi connectivity index (χ0n) is 8.65. The van der Waals surface area contributed by atoms with Gasteiger partial charge < -0.3 is 0 Å². The molecular weight excluding hydrogens is 252 g/mol. The fraction of sp³-hybridized carbons (Fsp3) is 0.0769. The lowest BCUT2D eigenvalue weighted by atomic mass is 10.3. The molecule has 1 aliphatic rings. The van der Waals surface area contributed by atoms with Crippen molar-refractivity contribution in [1.82, 2.24) is 0 Å². The third kappa shape index (κ3) is 3.10. The van der Waals surface area contributed by atoms with Gasteiger partial charge >= 0.3 is 0 Å². The second-order valence-corrected chi connectivity index (χ2v) is 5.14. The van der Waals surface area contributed by atoms with Crippen LogP contribution in [0.25, 0.3) is 0 Å². The second kappa shape index (κ2) is 5.54. The van der Waals surface area contributed by atoms with Crippen LogP contribution in [0.1, 0.15) is 9.75 Å². The van der Waals surface area contributed by atoms with Crippen LogP contribution in [0.2, 0.25) is 0 Å². The Hall–Kier alpha value is -1.75. The monoisotopic (exact) mass is 258 g/mol. The van der Waals surface area contributed by atoms with E-state index in [2.05, 4.69) is 23.7 Å². The number of rotatable bonds is 0. The molecular formula is C13H6O2S2. The molecule has 1 aromatic heterocycles. The van der Waals surface area contributed by atoms with Gasteiger partial charge in [0.15, 0.2) is 12.1 Å². The van der Waals surface area contributed by atoms with Gasteiger partial charge in [-0.3, -0.25) is 9.59 Å². The van der Waals surface area contributed by atoms with E-state index in [1.54, 1.807) is 6.08 Å².